The Hall–Kier alpha value is -0.520. The van der Waals surface area contributed by atoms with Gasteiger partial charge in [0.25, 0.3) is 0 Å². The van der Waals surface area contributed by atoms with Crippen LogP contribution in [0.25, 0.3) is 0 Å². The Balaban J connectivity index is 2.83. The molecule has 17 heavy (non-hydrogen) atoms. The lowest BCUT2D eigenvalue weighted by Crippen LogP contribution is -2.49. The van der Waals surface area contributed by atoms with E-state index in [1.165, 1.54) is 0 Å². The zero-order valence-electron chi connectivity index (χ0n) is 13.1. The number of allylic oxidation sites excluding steroid dienone is 4. The van der Waals surface area contributed by atoms with Crippen LogP contribution in [-0.2, 0) is 0 Å². The van der Waals surface area contributed by atoms with Crippen LogP contribution in [0.15, 0.2) is 22.8 Å². The van der Waals surface area contributed by atoms with Crippen LogP contribution in [0.3, 0.4) is 0 Å². The highest BCUT2D eigenvalue weighted by Gasteiger charge is 2.69. The highest BCUT2D eigenvalue weighted by atomic mass is 14.7. The largest absolute Gasteiger partial charge is 0.0784 e. The van der Waals surface area contributed by atoms with E-state index >= 15 is 0 Å². The predicted octanol–water partition coefficient (Wildman–Crippen LogP) is 5.36. The van der Waals surface area contributed by atoms with Crippen LogP contribution in [0.5, 0.6) is 0 Å². The topological polar surface area (TPSA) is 0 Å². The summed E-state index contributed by atoms with van der Waals surface area (Å²) in [4.78, 5) is 0. The van der Waals surface area contributed by atoms with E-state index in [9.17, 15) is 0 Å². The first-order valence-corrected chi connectivity index (χ1v) is 6.83. The van der Waals surface area contributed by atoms with E-state index in [-0.39, 0.29) is 21.7 Å². The summed E-state index contributed by atoms with van der Waals surface area (Å²) in [5, 5.41) is 0. The normalized spacial score (nSPS) is 42.8. The summed E-state index contributed by atoms with van der Waals surface area (Å²) >= 11 is 0. The van der Waals surface area contributed by atoms with E-state index in [4.69, 9.17) is 0 Å². The molecule has 0 fully saturated rings. The van der Waals surface area contributed by atoms with Crippen molar-refractivity contribution in [2.45, 2.75) is 62.3 Å². The molecule has 0 aliphatic heterocycles. The summed E-state index contributed by atoms with van der Waals surface area (Å²) in [5.74, 6) is 0. The minimum Gasteiger partial charge on any atom is -0.0784 e. The lowest BCUT2D eigenvalue weighted by Gasteiger charge is -2.54. The van der Waals surface area contributed by atoms with E-state index in [0.717, 1.165) is 0 Å². The molecule has 0 N–H and O–H groups in total. The molecule has 0 amide bonds. The Morgan fingerprint density at radius 3 is 1.65 bits per heavy atom. The minimum absolute atomic E-state index is 0.240. The molecule has 0 heterocycles. The number of hydrogen-bond acceptors (Lipinski definition) is 0. The molecule has 2 aliphatic rings. The van der Waals surface area contributed by atoms with Gasteiger partial charge in [0.05, 0.1) is 0 Å². The first kappa shape index (κ1) is 12.9. The Morgan fingerprint density at radius 2 is 1.24 bits per heavy atom. The van der Waals surface area contributed by atoms with E-state index in [0.29, 0.717) is 0 Å². The average molecular weight is 232 g/mol. The van der Waals surface area contributed by atoms with Gasteiger partial charge in [0.1, 0.15) is 0 Å². The van der Waals surface area contributed by atoms with Crippen LogP contribution in [0.2, 0.25) is 0 Å². The van der Waals surface area contributed by atoms with Gasteiger partial charge in [0, 0.05) is 5.41 Å². The van der Waals surface area contributed by atoms with Gasteiger partial charge in [-0.15, -0.1) is 0 Å². The van der Waals surface area contributed by atoms with Crippen molar-refractivity contribution in [1.29, 1.82) is 0 Å². The standard InChI is InChI=1S/C17H28/c1-11-10-14(4,5)17(9)15(6,7)12(2)13(3)16(11,17)8/h10H,1-9H3. The van der Waals surface area contributed by atoms with Crippen LogP contribution < -0.4 is 0 Å². The molecule has 2 rings (SSSR count). The molecule has 2 aliphatic carbocycles. The van der Waals surface area contributed by atoms with Crippen molar-refractivity contribution in [3.63, 3.8) is 0 Å². The molecule has 0 radical (unpaired) electrons. The average Bonchev–Trinajstić information content (AvgIpc) is 2.41. The Kier molecular flexibility index (Phi) is 2.20. The lowest BCUT2D eigenvalue weighted by atomic mass is 9.49. The van der Waals surface area contributed by atoms with Crippen LogP contribution in [0.1, 0.15) is 62.3 Å². The Morgan fingerprint density at radius 1 is 0.765 bits per heavy atom. The molecule has 0 aromatic carbocycles. The molecule has 2 atom stereocenters. The van der Waals surface area contributed by atoms with Crippen molar-refractivity contribution in [2.24, 2.45) is 21.7 Å². The van der Waals surface area contributed by atoms with Crippen LogP contribution in [-0.4, -0.2) is 0 Å². The Labute approximate surface area is 107 Å². The summed E-state index contributed by atoms with van der Waals surface area (Å²) in [6.45, 7) is 21.7. The summed E-state index contributed by atoms with van der Waals surface area (Å²) < 4.78 is 0. The highest BCUT2D eigenvalue weighted by molar-refractivity contribution is 5.50. The fourth-order valence-electron chi connectivity index (χ4n) is 5.19. The molecule has 0 nitrogen and oxygen atoms in total. The smallest absolute Gasteiger partial charge is 0.0160 e. The monoisotopic (exact) mass is 232 g/mol. The van der Waals surface area contributed by atoms with Gasteiger partial charge in [0.2, 0.25) is 0 Å². The lowest BCUT2D eigenvalue weighted by molar-refractivity contribution is -0.0220. The van der Waals surface area contributed by atoms with Gasteiger partial charge in [-0.2, -0.15) is 0 Å². The maximum atomic E-state index is 2.52. The first-order chi connectivity index (χ1) is 7.44. The quantitative estimate of drug-likeness (QED) is 0.493. The number of fused-ring (bicyclic) bond motifs is 1. The maximum Gasteiger partial charge on any atom is 0.0160 e. The van der Waals surface area contributed by atoms with Crippen LogP contribution in [0.4, 0.5) is 0 Å². The van der Waals surface area contributed by atoms with Gasteiger partial charge in [-0.1, -0.05) is 64.3 Å². The first-order valence-electron chi connectivity index (χ1n) is 6.83. The van der Waals surface area contributed by atoms with Crippen molar-refractivity contribution < 1.29 is 0 Å². The summed E-state index contributed by atoms with van der Waals surface area (Å²) in [7, 11) is 0. The van der Waals surface area contributed by atoms with Gasteiger partial charge < -0.3 is 0 Å². The van der Waals surface area contributed by atoms with Crippen molar-refractivity contribution in [1.82, 2.24) is 0 Å². The van der Waals surface area contributed by atoms with E-state index in [2.05, 4.69) is 68.4 Å². The molecule has 0 saturated carbocycles. The minimum atomic E-state index is 0.240. The van der Waals surface area contributed by atoms with Crippen LogP contribution >= 0.6 is 0 Å². The molecule has 2 unspecified atom stereocenters. The molecule has 96 valence electrons. The molecule has 0 saturated heterocycles. The SMILES string of the molecule is CC1=CC(C)(C)C2(C)C(C)(C)C(C)=C(C)C12C. The van der Waals surface area contributed by atoms with E-state index < -0.39 is 0 Å². The van der Waals surface area contributed by atoms with Crippen molar-refractivity contribution in [3.05, 3.63) is 22.8 Å². The highest BCUT2D eigenvalue weighted by Crippen LogP contribution is 2.76. The number of hydrogen-bond donors (Lipinski definition) is 0. The molecule has 0 aromatic heterocycles. The van der Waals surface area contributed by atoms with E-state index in [1.807, 2.05) is 0 Å². The molecule has 0 heteroatoms. The third-order valence-corrected chi connectivity index (χ3v) is 7.15. The second-order valence-corrected chi connectivity index (χ2v) is 7.67. The van der Waals surface area contributed by atoms with E-state index in [1.54, 1.807) is 16.7 Å². The maximum absolute atomic E-state index is 2.52. The molecule has 0 spiro atoms. The molecule has 0 aromatic rings. The molecular weight excluding hydrogens is 204 g/mol. The zero-order valence-corrected chi connectivity index (χ0v) is 13.1. The second kappa shape index (κ2) is 2.90. The summed E-state index contributed by atoms with van der Waals surface area (Å²) in [6.07, 6.45) is 2.52. The van der Waals surface area contributed by atoms with Gasteiger partial charge in [-0.3, -0.25) is 0 Å². The Bertz CT molecular complexity index is 445. The van der Waals surface area contributed by atoms with Gasteiger partial charge >= 0.3 is 0 Å². The van der Waals surface area contributed by atoms with Crippen molar-refractivity contribution >= 4 is 0 Å². The second-order valence-electron chi connectivity index (χ2n) is 7.67. The van der Waals surface area contributed by atoms with Gasteiger partial charge in [-0.05, 0) is 37.0 Å². The predicted molar refractivity (Wildman–Crippen MR) is 75.9 cm³/mol. The summed E-state index contributed by atoms with van der Waals surface area (Å²) in [5.41, 5.74) is 5.81. The molecule has 0 bridgehead atoms. The third-order valence-electron chi connectivity index (χ3n) is 7.15. The molecular formula is C17H28. The van der Waals surface area contributed by atoms with Gasteiger partial charge in [-0.25, -0.2) is 0 Å². The zero-order chi connectivity index (χ0) is 13.4. The number of rotatable bonds is 0. The van der Waals surface area contributed by atoms with Crippen molar-refractivity contribution in [3.8, 4) is 0 Å². The van der Waals surface area contributed by atoms with Crippen LogP contribution in [0, 0.1) is 21.7 Å². The fourth-order valence-corrected chi connectivity index (χ4v) is 5.19. The fraction of sp³-hybridized carbons (Fsp3) is 0.765. The summed E-state index contributed by atoms with van der Waals surface area (Å²) in [6, 6.07) is 0. The third kappa shape index (κ3) is 0.983. The van der Waals surface area contributed by atoms with Gasteiger partial charge in [0.15, 0.2) is 0 Å². The van der Waals surface area contributed by atoms with Crippen molar-refractivity contribution in [2.75, 3.05) is 0 Å².